The molecule has 0 heterocycles. The average molecular weight is 174 g/mol. The van der Waals surface area contributed by atoms with Crippen molar-refractivity contribution < 1.29 is 9.78 Å². The van der Waals surface area contributed by atoms with Gasteiger partial charge in [-0.15, -0.1) is 0 Å². The van der Waals surface area contributed by atoms with Crippen LogP contribution < -0.4 is 0 Å². The fourth-order valence-electron chi connectivity index (χ4n) is 0.544. The van der Waals surface area contributed by atoms with Gasteiger partial charge in [-0.25, -0.2) is 9.78 Å². The van der Waals surface area contributed by atoms with Crippen molar-refractivity contribution in [1.82, 2.24) is 0 Å². The molecule has 0 aliphatic rings. The lowest BCUT2D eigenvalue weighted by atomic mass is 10.1. The predicted octanol–water partition coefficient (Wildman–Crippen LogP) is 3.17. The van der Waals surface area contributed by atoms with Gasteiger partial charge in [-0.05, 0) is 32.6 Å². The normalized spacial score (nSPS) is 12.5. The number of hydrogen-bond acceptors (Lipinski definition) is 2. The molecule has 0 aromatic carbocycles. The lowest BCUT2D eigenvalue weighted by molar-refractivity contribution is -0.354. The summed E-state index contributed by atoms with van der Waals surface area (Å²) in [5.41, 5.74) is -0.142. The third-order valence-corrected chi connectivity index (χ3v) is 1.91. The Morgan fingerprint density at radius 3 is 2.25 bits per heavy atom. The Bertz CT molecular complexity index is 108. The van der Waals surface area contributed by atoms with Crippen LogP contribution in [0.1, 0.15) is 47.5 Å². The highest BCUT2D eigenvalue weighted by atomic mass is 17.2. The van der Waals surface area contributed by atoms with E-state index in [0.29, 0.717) is 12.5 Å². The molecule has 0 amide bonds. The fourth-order valence-corrected chi connectivity index (χ4v) is 0.544. The van der Waals surface area contributed by atoms with Crippen molar-refractivity contribution in [3.8, 4) is 0 Å². The van der Waals surface area contributed by atoms with Gasteiger partial charge < -0.3 is 0 Å². The van der Waals surface area contributed by atoms with Crippen molar-refractivity contribution in [3.63, 3.8) is 0 Å². The van der Waals surface area contributed by atoms with E-state index in [1.54, 1.807) is 0 Å². The molecule has 2 nitrogen and oxygen atoms in total. The largest absolute Gasteiger partial charge is 0.236 e. The highest BCUT2D eigenvalue weighted by molar-refractivity contribution is 4.61. The minimum absolute atomic E-state index is 0.142. The Morgan fingerprint density at radius 2 is 1.83 bits per heavy atom. The van der Waals surface area contributed by atoms with Gasteiger partial charge in [0.05, 0.1) is 12.2 Å². The lowest BCUT2D eigenvalue weighted by Crippen LogP contribution is -2.23. The molecule has 0 aromatic rings. The van der Waals surface area contributed by atoms with Crippen molar-refractivity contribution in [2.45, 2.75) is 53.1 Å². The van der Waals surface area contributed by atoms with Gasteiger partial charge in [0.15, 0.2) is 0 Å². The molecular formula is C10H22O2. The maximum Gasteiger partial charge on any atom is 0.0977 e. The summed E-state index contributed by atoms with van der Waals surface area (Å²) in [5.74, 6) is 0.679. The molecule has 0 N–H and O–H groups in total. The van der Waals surface area contributed by atoms with Gasteiger partial charge in [0.1, 0.15) is 0 Å². The van der Waals surface area contributed by atoms with Crippen LogP contribution in [0.4, 0.5) is 0 Å². The summed E-state index contributed by atoms with van der Waals surface area (Å²) in [6, 6.07) is 0. The van der Waals surface area contributed by atoms with Crippen LogP contribution in [-0.2, 0) is 9.78 Å². The fraction of sp³-hybridized carbons (Fsp3) is 1.00. The molecule has 74 valence electrons. The molecule has 0 rings (SSSR count). The summed E-state index contributed by atoms with van der Waals surface area (Å²) in [4.78, 5) is 10.3. The van der Waals surface area contributed by atoms with Crippen LogP contribution in [0.15, 0.2) is 0 Å². The van der Waals surface area contributed by atoms with Crippen LogP contribution in [0.2, 0.25) is 0 Å². The maximum atomic E-state index is 5.23. The molecule has 0 fully saturated rings. The summed E-state index contributed by atoms with van der Waals surface area (Å²) >= 11 is 0. The first-order valence-electron chi connectivity index (χ1n) is 4.78. The summed E-state index contributed by atoms with van der Waals surface area (Å²) in [6.07, 6.45) is 2.02. The molecule has 12 heavy (non-hydrogen) atoms. The van der Waals surface area contributed by atoms with Gasteiger partial charge in [-0.1, -0.05) is 20.8 Å². The summed E-state index contributed by atoms with van der Waals surface area (Å²) in [5, 5.41) is 0. The van der Waals surface area contributed by atoms with Gasteiger partial charge in [-0.3, -0.25) is 0 Å². The zero-order valence-electron chi connectivity index (χ0n) is 9.02. The van der Waals surface area contributed by atoms with Crippen LogP contribution in [0.5, 0.6) is 0 Å². The van der Waals surface area contributed by atoms with Gasteiger partial charge in [-0.2, -0.15) is 0 Å². The van der Waals surface area contributed by atoms with Crippen LogP contribution in [0, 0.1) is 5.92 Å². The Labute approximate surface area is 76.2 Å². The Hall–Kier alpha value is -0.0800. The van der Waals surface area contributed by atoms with E-state index < -0.39 is 0 Å². The third-order valence-electron chi connectivity index (χ3n) is 1.91. The second-order valence-corrected chi connectivity index (χ2v) is 4.20. The topological polar surface area (TPSA) is 18.5 Å². The summed E-state index contributed by atoms with van der Waals surface area (Å²) in [7, 11) is 0. The van der Waals surface area contributed by atoms with Gasteiger partial charge in [0, 0.05) is 0 Å². The minimum atomic E-state index is -0.142. The molecule has 2 heteroatoms. The highest BCUT2D eigenvalue weighted by Crippen LogP contribution is 2.14. The SMILES string of the molecule is CCC(C)(C)OOCCC(C)C. The van der Waals surface area contributed by atoms with Crippen molar-refractivity contribution in [1.29, 1.82) is 0 Å². The Balaban J connectivity index is 3.31. The zero-order chi connectivity index (χ0) is 9.61. The van der Waals surface area contributed by atoms with E-state index in [4.69, 9.17) is 9.78 Å². The van der Waals surface area contributed by atoms with E-state index in [-0.39, 0.29) is 5.60 Å². The first-order valence-corrected chi connectivity index (χ1v) is 4.78. The molecule has 0 aliphatic carbocycles. The van der Waals surface area contributed by atoms with Gasteiger partial charge >= 0.3 is 0 Å². The predicted molar refractivity (Wildman–Crippen MR) is 50.9 cm³/mol. The number of hydrogen-bond donors (Lipinski definition) is 0. The molecule has 0 radical (unpaired) electrons. The monoisotopic (exact) mass is 174 g/mol. The van der Waals surface area contributed by atoms with Crippen molar-refractivity contribution in [3.05, 3.63) is 0 Å². The zero-order valence-corrected chi connectivity index (χ0v) is 9.02. The van der Waals surface area contributed by atoms with Crippen LogP contribution in [0.3, 0.4) is 0 Å². The summed E-state index contributed by atoms with van der Waals surface area (Å²) < 4.78 is 0. The highest BCUT2D eigenvalue weighted by Gasteiger charge is 2.16. The average Bonchev–Trinajstić information content (AvgIpc) is 1.98. The van der Waals surface area contributed by atoms with E-state index in [1.807, 2.05) is 13.8 Å². The second kappa shape index (κ2) is 5.55. The molecule has 0 saturated carbocycles. The van der Waals surface area contributed by atoms with E-state index in [0.717, 1.165) is 12.8 Å². The van der Waals surface area contributed by atoms with E-state index in [2.05, 4.69) is 20.8 Å². The van der Waals surface area contributed by atoms with E-state index >= 15 is 0 Å². The second-order valence-electron chi connectivity index (χ2n) is 4.20. The molecule has 0 atom stereocenters. The van der Waals surface area contributed by atoms with Crippen molar-refractivity contribution in [2.24, 2.45) is 5.92 Å². The first kappa shape index (κ1) is 11.9. The number of rotatable bonds is 6. The third kappa shape index (κ3) is 6.62. The quantitative estimate of drug-likeness (QED) is 0.350. The van der Waals surface area contributed by atoms with Crippen LogP contribution in [-0.4, -0.2) is 12.2 Å². The van der Waals surface area contributed by atoms with Gasteiger partial charge in [0.25, 0.3) is 0 Å². The first-order chi connectivity index (χ1) is 5.48. The molecule has 0 aliphatic heterocycles. The smallest absolute Gasteiger partial charge is 0.0977 e. The van der Waals surface area contributed by atoms with Crippen molar-refractivity contribution in [2.75, 3.05) is 6.61 Å². The lowest BCUT2D eigenvalue weighted by Gasteiger charge is -2.21. The van der Waals surface area contributed by atoms with Crippen molar-refractivity contribution >= 4 is 0 Å². The van der Waals surface area contributed by atoms with Crippen LogP contribution >= 0.6 is 0 Å². The molecule has 0 saturated heterocycles. The Kier molecular flexibility index (Phi) is 5.51. The minimum Gasteiger partial charge on any atom is -0.236 e. The molecule has 0 aromatic heterocycles. The molecule has 0 spiro atoms. The van der Waals surface area contributed by atoms with Crippen LogP contribution in [0.25, 0.3) is 0 Å². The van der Waals surface area contributed by atoms with E-state index in [9.17, 15) is 0 Å². The Morgan fingerprint density at radius 1 is 1.25 bits per heavy atom. The molecule has 0 unspecified atom stereocenters. The van der Waals surface area contributed by atoms with Gasteiger partial charge in [0.2, 0.25) is 0 Å². The molecular weight excluding hydrogens is 152 g/mol. The molecule has 0 bridgehead atoms. The van der Waals surface area contributed by atoms with E-state index in [1.165, 1.54) is 0 Å². The standard InChI is InChI=1S/C10H22O2/c1-6-10(4,5)12-11-8-7-9(2)3/h9H,6-8H2,1-5H3. The summed E-state index contributed by atoms with van der Waals surface area (Å²) in [6.45, 7) is 11.2. The maximum absolute atomic E-state index is 5.23.